The number of halogens is 1. The van der Waals surface area contributed by atoms with Crippen LogP contribution in [0.15, 0.2) is 23.4 Å². The van der Waals surface area contributed by atoms with E-state index in [1.807, 2.05) is 13.0 Å². The maximum absolute atomic E-state index is 8.44. The lowest BCUT2D eigenvalue weighted by Crippen LogP contribution is -1.94. The molecule has 0 heterocycles. The van der Waals surface area contributed by atoms with Crippen LogP contribution in [-0.4, -0.2) is 17.5 Å². The van der Waals surface area contributed by atoms with Crippen LogP contribution in [0.3, 0.4) is 0 Å². The van der Waals surface area contributed by atoms with Crippen molar-refractivity contribution in [2.75, 3.05) is 7.11 Å². The Hall–Kier alpha value is -1.22. The van der Waals surface area contributed by atoms with Crippen molar-refractivity contribution in [3.8, 4) is 5.75 Å². The van der Waals surface area contributed by atoms with Gasteiger partial charge in [-0.25, -0.2) is 0 Å². The lowest BCUT2D eigenvalue weighted by molar-refractivity contribution is 0.321. The second-order valence-electron chi connectivity index (χ2n) is 2.58. The molecule has 0 saturated heterocycles. The van der Waals surface area contributed by atoms with Gasteiger partial charge >= 0.3 is 0 Å². The zero-order valence-corrected chi connectivity index (χ0v) is 8.17. The van der Waals surface area contributed by atoms with E-state index in [2.05, 4.69) is 5.16 Å². The first-order valence-corrected chi connectivity index (χ1v) is 4.09. The van der Waals surface area contributed by atoms with E-state index in [0.29, 0.717) is 5.56 Å². The summed E-state index contributed by atoms with van der Waals surface area (Å²) in [5, 5.41) is 11.4. The van der Waals surface area contributed by atoms with E-state index in [1.54, 1.807) is 19.2 Å². The van der Waals surface area contributed by atoms with Gasteiger partial charge in [-0.3, -0.25) is 0 Å². The van der Waals surface area contributed by atoms with Crippen LogP contribution in [0, 0.1) is 6.92 Å². The van der Waals surface area contributed by atoms with Crippen molar-refractivity contribution in [2.45, 2.75) is 6.92 Å². The SMILES string of the molecule is COc1cc(/C(Cl)=N/O)ccc1C. The summed E-state index contributed by atoms with van der Waals surface area (Å²) in [7, 11) is 1.58. The van der Waals surface area contributed by atoms with Crippen molar-refractivity contribution in [2.24, 2.45) is 5.16 Å². The largest absolute Gasteiger partial charge is 0.496 e. The van der Waals surface area contributed by atoms with Crippen LogP contribution in [0.1, 0.15) is 11.1 Å². The van der Waals surface area contributed by atoms with Gasteiger partial charge in [-0.15, -0.1) is 0 Å². The Morgan fingerprint density at radius 1 is 1.54 bits per heavy atom. The first-order valence-electron chi connectivity index (χ1n) is 3.71. The first-order chi connectivity index (χ1) is 6.19. The molecule has 0 radical (unpaired) electrons. The number of oxime groups is 1. The second-order valence-corrected chi connectivity index (χ2v) is 2.93. The quantitative estimate of drug-likeness (QED) is 0.452. The van der Waals surface area contributed by atoms with Gasteiger partial charge in [0.25, 0.3) is 0 Å². The monoisotopic (exact) mass is 199 g/mol. The van der Waals surface area contributed by atoms with E-state index in [9.17, 15) is 0 Å². The molecule has 1 rings (SSSR count). The molecular weight excluding hydrogens is 190 g/mol. The van der Waals surface area contributed by atoms with Gasteiger partial charge in [-0.2, -0.15) is 0 Å². The van der Waals surface area contributed by atoms with E-state index in [0.717, 1.165) is 11.3 Å². The van der Waals surface area contributed by atoms with E-state index in [-0.39, 0.29) is 5.17 Å². The highest BCUT2D eigenvalue weighted by Crippen LogP contribution is 2.20. The van der Waals surface area contributed by atoms with E-state index < -0.39 is 0 Å². The maximum Gasteiger partial charge on any atom is 0.175 e. The Morgan fingerprint density at radius 2 is 2.23 bits per heavy atom. The molecule has 0 aliphatic heterocycles. The normalized spacial score (nSPS) is 11.5. The van der Waals surface area contributed by atoms with E-state index in [1.165, 1.54) is 0 Å². The molecule has 0 atom stereocenters. The zero-order chi connectivity index (χ0) is 9.84. The van der Waals surface area contributed by atoms with Crippen LogP contribution in [-0.2, 0) is 0 Å². The Balaban J connectivity index is 3.13. The molecule has 0 bridgehead atoms. The van der Waals surface area contributed by atoms with Gasteiger partial charge in [0.1, 0.15) is 5.75 Å². The topological polar surface area (TPSA) is 41.8 Å². The highest BCUT2D eigenvalue weighted by Gasteiger charge is 2.04. The molecule has 0 saturated carbocycles. The number of rotatable bonds is 2. The molecule has 0 spiro atoms. The van der Waals surface area contributed by atoms with Crippen molar-refractivity contribution in [3.63, 3.8) is 0 Å². The van der Waals surface area contributed by atoms with Gasteiger partial charge in [0, 0.05) is 5.56 Å². The first kappa shape index (κ1) is 9.86. The maximum atomic E-state index is 8.44. The number of hydrogen-bond donors (Lipinski definition) is 1. The summed E-state index contributed by atoms with van der Waals surface area (Å²) in [6.07, 6.45) is 0. The Kier molecular flexibility index (Phi) is 3.14. The van der Waals surface area contributed by atoms with Crippen LogP contribution in [0.2, 0.25) is 0 Å². The van der Waals surface area contributed by atoms with E-state index >= 15 is 0 Å². The smallest absolute Gasteiger partial charge is 0.175 e. The molecule has 0 amide bonds. The van der Waals surface area contributed by atoms with Gasteiger partial charge in [-0.1, -0.05) is 28.9 Å². The number of hydrogen-bond acceptors (Lipinski definition) is 3. The Bertz CT molecular complexity index is 336. The van der Waals surface area contributed by atoms with Crippen LogP contribution >= 0.6 is 11.6 Å². The van der Waals surface area contributed by atoms with Crippen LogP contribution in [0.5, 0.6) is 5.75 Å². The molecule has 1 aromatic rings. The molecule has 4 heteroatoms. The van der Waals surface area contributed by atoms with Crippen molar-refractivity contribution >= 4 is 16.8 Å². The molecular formula is C9H10ClNO2. The molecule has 1 N–H and O–H groups in total. The van der Waals surface area contributed by atoms with Gasteiger partial charge in [0.15, 0.2) is 5.17 Å². The fraction of sp³-hybridized carbons (Fsp3) is 0.222. The highest BCUT2D eigenvalue weighted by molar-refractivity contribution is 6.69. The van der Waals surface area contributed by atoms with Gasteiger partial charge in [-0.05, 0) is 18.6 Å². The summed E-state index contributed by atoms with van der Waals surface area (Å²) in [4.78, 5) is 0. The molecule has 0 aromatic heterocycles. The molecule has 0 unspecified atom stereocenters. The third-order valence-electron chi connectivity index (χ3n) is 1.73. The minimum Gasteiger partial charge on any atom is -0.496 e. The average molecular weight is 200 g/mol. The molecule has 13 heavy (non-hydrogen) atoms. The molecule has 1 aromatic carbocycles. The predicted molar refractivity (Wildman–Crippen MR) is 51.9 cm³/mol. The van der Waals surface area contributed by atoms with Crippen molar-refractivity contribution in [1.82, 2.24) is 0 Å². The molecule has 0 aliphatic rings. The molecule has 0 fully saturated rings. The van der Waals surface area contributed by atoms with Crippen LogP contribution < -0.4 is 4.74 Å². The Labute approximate surface area is 81.6 Å². The number of nitrogens with zero attached hydrogens (tertiary/aromatic N) is 1. The fourth-order valence-electron chi connectivity index (χ4n) is 1.01. The minimum absolute atomic E-state index is 0.0540. The highest BCUT2D eigenvalue weighted by atomic mass is 35.5. The lowest BCUT2D eigenvalue weighted by atomic mass is 10.1. The van der Waals surface area contributed by atoms with Crippen molar-refractivity contribution in [1.29, 1.82) is 0 Å². The third-order valence-corrected chi connectivity index (χ3v) is 2.03. The van der Waals surface area contributed by atoms with Gasteiger partial charge in [0.2, 0.25) is 0 Å². The number of methoxy groups -OCH3 is 1. The van der Waals surface area contributed by atoms with Crippen LogP contribution in [0.4, 0.5) is 0 Å². The fourth-order valence-corrected chi connectivity index (χ4v) is 1.12. The standard InChI is InChI=1S/C9H10ClNO2/c1-6-3-4-7(9(10)11-12)5-8(6)13-2/h3-5,12H,1-2H3/b11-9-. The van der Waals surface area contributed by atoms with Crippen molar-refractivity contribution in [3.05, 3.63) is 29.3 Å². The zero-order valence-electron chi connectivity index (χ0n) is 7.41. The summed E-state index contributed by atoms with van der Waals surface area (Å²) in [6.45, 7) is 1.92. The van der Waals surface area contributed by atoms with Crippen LogP contribution in [0.25, 0.3) is 0 Å². The average Bonchev–Trinajstić information content (AvgIpc) is 2.17. The predicted octanol–water partition coefficient (Wildman–Crippen LogP) is 2.38. The summed E-state index contributed by atoms with van der Waals surface area (Å²) in [5.41, 5.74) is 1.64. The van der Waals surface area contributed by atoms with Gasteiger partial charge in [0.05, 0.1) is 7.11 Å². The number of benzene rings is 1. The number of ether oxygens (including phenoxy) is 1. The van der Waals surface area contributed by atoms with Crippen molar-refractivity contribution < 1.29 is 9.94 Å². The summed E-state index contributed by atoms with van der Waals surface area (Å²) in [6, 6.07) is 5.33. The Morgan fingerprint density at radius 3 is 2.77 bits per heavy atom. The molecule has 0 aliphatic carbocycles. The van der Waals surface area contributed by atoms with Gasteiger partial charge < -0.3 is 9.94 Å². The second kappa shape index (κ2) is 4.14. The third kappa shape index (κ3) is 2.12. The summed E-state index contributed by atoms with van der Waals surface area (Å²) >= 11 is 5.62. The minimum atomic E-state index is 0.0540. The molecule has 70 valence electrons. The van der Waals surface area contributed by atoms with E-state index in [4.69, 9.17) is 21.5 Å². The number of aryl methyl sites for hydroxylation is 1. The lowest BCUT2D eigenvalue weighted by Gasteiger charge is -2.05. The summed E-state index contributed by atoms with van der Waals surface area (Å²) < 4.78 is 5.09. The summed E-state index contributed by atoms with van der Waals surface area (Å²) in [5.74, 6) is 0.722. The molecule has 3 nitrogen and oxygen atoms in total.